The van der Waals surface area contributed by atoms with Crippen LogP contribution >= 0.6 is 0 Å². The maximum absolute atomic E-state index is 5.44. The highest BCUT2D eigenvalue weighted by Crippen LogP contribution is 2.24. The zero-order valence-corrected chi connectivity index (χ0v) is 12.4. The van der Waals surface area contributed by atoms with Gasteiger partial charge in [-0.1, -0.05) is 13.3 Å². The third kappa shape index (κ3) is 4.97. The van der Waals surface area contributed by atoms with Crippen molar-refractivity contribution in [1.82, 2.24) is 10.7 Å². The summed E-state index contributed by atoms with van der Waals surface area (Å²) in [5.41, 5.74) is 3.54. The number of hydrazine groups is 1. The van der Waals surface area contributed by atoms with Gasteiger partial charge in [-0.25, -0.2) is 10.8 Å². The average molecular weight is 280 g/mol. The van der Waals surface area contributed by atoms with Crippen LogP contribution in [0.3, 0.4) is 0 Å². The predicted molar refractivity (Wildman–Crippen MR) is 80.9 cm³/mol. The molecule has 20 heavy (non-hydrogen) atoms. The Balaban J connectivity index is 2.70. The van der Waals surface area contributed by atoms with Gasteiger partial charge in [-0.05, 0) is 18.6 Å². The number of nitrogens with two attached hydrogens (primary N) is 1. The zero-order valence-electron chi connectivity index (χ0n) is 12.4. The smallest absolute Gasteiger partial charge is 0.206 e. The number of benzene rings is 1. The molecule has 0 aliphatic heterocycles. The monoisotopic (exact) mass is 280 g/mol. The molecule has 112 valence electrons. The van der Waals surface area contributed by atoms with Crippen LogP contribution in [0.25, 0.3) is 0 Å². The van der Waals surface area contributed by atoms with Crippen molar-refractivity contribution in [2.24, 2.45) is 10.8 Å². The molecule has 0 aliphatic rings. The van der Waals surface area contributed by atoms with E-state index in [0.29, 0.717) is 12.5 Å². The van der Waals surface area contributed by atoms with Gasteiger partial charge in [0.05, 0.1) is 20.8 Å². The van der Waals surface area contributed by atoms with E-state index in [9.17, 15) is 0 Å². The normalized spacial score (nSPS) is 11.1. The molecule has 0 aromatic heterocycles. The van der Waals surface area contributed by atoms with E-state index in [4.69, 9.17) is 15.3 Å². The Morgan fingerprint density at radius 1 is 1.30 bits per heavy atom. The fourth-order valence-electron chi connectivity index (χ4n) is 1.68. The SMILES string of the molecule is CCCCNC(=NCc1ccc(OC)cc1OC)NN. The third-order valence-electron chi connectivity index (χ3n) is 2.86. The average Bonchev–Trinajstić information content (AvgIpc) is 2.50. The Labute approximate surface area is 120 Å². The van der Waals surface area contributed by atoms with Gasteiger partial charge in [-0.2, -0.15) is 0 Å². The van der Waals surface area contributed by atoms with Crippen LogP contribution < -0.4 is 26.1 Å². The molecule has 0 amide bonds. The summed E-state index contributed by atoms with van der Waals surface area (Å²) in [5, 5.41) is 3.15. The highest BCUT2D eigenvalue weighted by atomic mass is 16.5. The Kier molecular flexibility index (Phi) is 7.27. The Bertz CT molecular complexity index is 435. The number of unbranched alkanes of at least 4 members (excludes halogenated alkanes) is 1. The lowest BCUT2D eigenvalue weighted by Gasteiger charge is -2.11. The van der Waals surface area contributed by atoms with Crippen molar-refractivity contribution >= 4 is 5.96 Å². The number of hydrogen-bond donors (Lipinski definition) is 3. The molecule has 6 heteroatoms. The van der Waals surface area contributed by atoms with Crippen LogP contribution in [0.15, 0.2) is 23.2 Å². The molecule has 0 unspecified atom stereocenters. The predicted octanol–water partition coefficient (Wildman–Crippen LogP) is 1.41. The van der Waals surface area contributed by atoms with Gasteiger partial charge in [0.15, 0.2) is 0 Å². The van der Waals surface area contributed by atoms with Crippen molar-refractivity contribution in [2.45, 2.75) is 26.3 Å². The zero-order chi connectivity index (χ0) is 14.8. The summed E-state index contributed by atoms with van der Waals surface area (Å²) in [6.45, 7) is 3.46. The molecule has 1 aromatic carbocycles. The first kappa shape index (κ1) is 16.1. The van der Waals surface area contributed by atoms with Crippen LogP contribution in [-0.4, -0.2) is 26.7 Å². The number of hydrogen-bond acceptors (Lipinski definition) is 4. The summed E-state index contributed by atoms with van der Waals surface area (Å²) in [6.07, 6.45) is 2.20. The molecule has 0 spiro atoms. The summed E-state index contributed by atoms with van der Waals surface area (Å²) >= 11 is 0. The maximum Gasteiger partial charge on any atom is 0.206 e. The summed E-state index contributed by atoms with van der Waals surface area (Å²) in [4.78, 5) is 4.40. The molecular formula is C14H24N4O2. The van der Waals surface area contributed by atoms with E-state index in [1.54, 1.807) is 14.2 Å². The van der Waals surface area contributed by atoms with E-state index >= 15 is 0 Å². The summed E-state index contributed by atoms with van der Waals surface area (Å²) < 4.78 is 10.5. The molecule has 1 rings (SSSR count). The van der Waals surface area contributed by atoms with E-state index < -0.39 is 0 Å². The van der Waals surface area contributed by atoms with Crippen molar-refractivity contribution in [2.75, 3.05) is 20.8 Å². The van der Waals surface area contributed by atoms with Crippen LogP contribution in [0, 0.1) is 0 Å². The van der Waals surface area contributed by atoms with Crippen molar-refractivity contribution in [3.8, 4) is 11.5 Å². The molecule has 0 saturated heterocycles. The van der Waals surface area contributed by atoms with E-state index in [-0.39, 0.29) is 0 Å². The van der Waals surface area contributed by atoms with E-state index in [1.807, 2.05) is 18.2 Å². The van der Waals surface area contributed by atoms with Gasteiger partial charge >= 0.3 is 0 Å². The molecule has 1 aromatic rings. The molecule has 6 nitrogen and oxygen atoms in total. The number of guanidine groups is 1. The fraction of sp³-hybridized carbons (Fsp3) is 0.500. The van der Waals surface area contributed by atoms with Crippen LogP contribution in [0.4, 0.5) is 0 Å². The van der Waals surface area contributed by atoms with Crippen molar-refractivity contribution in [1.29, 1.82) is 0 Å². The van der Waals surface area contributed by atoms with Gasteiger partial charge in [0.2, 0.25) is 5.96 Å². The van der Waals surface area contributed by atoms with Crippen LogP contribution in [0.1, 0.15) is 25.3 Å². The molecule has 0 bridgehead atoms. The largest absolute Gasteiger partial charge is 0.497 e. The van der Waals surface area contributed by atoms with Gasteiger partial charge in [-0.15, -0.1) is 0 Å². The molecule has 0 fully saturated rings. The number of ether oxygens (including phenoxy) is 2. The number of aliphatic imine (C=N–C) groups is 1. The first-order valence-corrected chi connectivity index (χ1v) is 6.71. The quantitative estimate of drug-likeness (QED) is 0.231. The summed E-state index contributed by atoms with van der Waals surface area (Å²) in [5.74, 6) is 7.53. The number of nitrogens with one attached hydrogen (secondary N) is 2. The van der Waals surface area contributed by atoms with Crippen molar-refractivity contribution < 1.29 is 9.47 Å². The molecule has 0 heterocycles. The molecular weight excluding hydrogens is 256 g/mol. The minimum absolute atomic E-state index is 0.478. The van der Waals surface area contributed by atoms with Crippen LogP contribution in [0.5, 0.6) is 11.5 Å². The molecule has 0 saturated carbocycles. The van der Waals surface area contributed by atoms with Gasteiger partial charge in [0.1, 0.15) is 11.5 Å². The number of nitrogens with zero attached hydrogens (tertiary/aromatic N) is 1. The van der Waals surface area contributed by atoms with Gasteiger partial charge in [0, 0.05) is 18.2 Å². The molecule has 0 atom stereocenters. The standard InChI is InChI=1S/C14H24N4O2/c1-4-5-8-16-14(18-15)17-10-11-6-7-12(19-2)9-13(11)20-3/h6-7,9H,4-5,8,10,15H2,1-3H3,(H2,16,17,18). The first-order valence-electron chi connectivity index (χ1n) is 6.71. The van der Waals surface area contributed by atoms with E-state index in [2.05, 4.69) is 22.7 Å². The fourth-order valence-corrected chi connectivity index (χ4v) is 1.68. The second-order valence-electron chi connectivity index (χ2n) is 4.27. The van der Waals surface area contributed by atoms with E-state index in [0.717, 1.165) is 36.4 Å². The Morgan fingerprint density at radius 2 is 2.10 bits per heavy atom. The highest BCUT2D eigenvalue weighted by molar-refractivity contribution is 5.79. The van der Waals surface area contributed by atoms with Gasteiger partial charge in [-0.3, -0.25) is 5.43 Å². The Hall–Kier alpha value is -1.95. The second-order valence-corrected chi connectivity index (χ2v) is 4.27. The number of methoxy groups -OCH3 is 2. The number of rotatable bonds is 7. The van der Waals surface area contributed by atoms with Crippen LogP contribution in [-0.2, 0) is 6.54 Å². The lowest BCUT2D eigenvalue weighted by Crippen LogP contribution is -2.41. The van der Waals surface area contributed by atoms with Crippen molar-refractivity contribution in [3.63, 3.8) is 0 Å². The second kappa shape index (κ2) is 9.03. The third-order valence-corrected chi connectivity index (χ3v) is 2.86. The lowest BCUT2D eigenvalue weighted by atomic mass is 10.2. The van der Waals surface area contributed by atoms with Crippen molar-refractivity contribution in [3.05, 3.63) is 23.8 Å². The Morgan fingerprint density at radius 3 is 2.70 bits per heavy atom. The minimum atomic E-state index is 0.478. The summed E-state index contributed by atoms with van der Waals surface area (Å²) in [7, 11) is 3.25. The highest BCUT2D eigenvalue weighted by Gasteiger charge is 2.05. The molecule has 0 aliphatic carbocycles. The van der Waals surface area contributed by atoms with Gasteiger partial charge < -0.3 is 14.8 Å². The van der Waals surface area contributed by atoms with Crippen LogP contribution in [0.2, 0.25) is 0 Å². The van der Waals surface area contributed by atoms with Gasteiger partial charge in [0.25, 0.3) is 0 Å². The first-order chi connectivity index (χ1) is 9.74. The summed E-state index contributed by atoms with van der Waals surface area (Å²) in [6, 6.07) is 5.65. The minimum Gasteiger partial charge on any atom is -0.497 e. The molecule has 4 N–H and O–H groups in total. The topological polar surface area (TPSA) is 80.9 Å². The molecule has 0 radical (unpaired) electrons. The van der Waals surface area contributed by atoms with E-state index in [1.165, 1.54) is 0 Å². The maximum atomic E-state index is 5.44. The lowest BCUT2D eigenvalue weighted by molar-refractivity contribution is 0.391.